The molecule has 1 aliphatic heterocycles. The molecule has 0 aromatic heterocycles. The van der Waals surface area contributed by atoms with Gasteiger partial charge >= 0.3 is 0 Å². The number of rotatable bonds is 4. The van der Waals surface area contributed by atoms with Crippen molar-refractivity contribution in [2.45, 2.75) is 31.8 Å². The number of amides is 1. The number of ether oxygens (including phenoxy) is 1. The average molecular weight is 317 g/mol. The molecule has 0 spiro atoms. The lowest BCUT2D eigenvalue weighted by Crippen LogP contribution is -2.40. The summed E-state index contributed by atoms with van der Waals surface area (Å²) in [6.45, 7) is 3.97. The molecule has 0 radical (unpaired) electrons. The van der Waals surface area contributed by atoms with E-state index >= 15 is 0 Å². The van der Waals surface area contributed by atoms with Crippen molar-refractivity contribution in [2.24, 2.45) is 11.7 Å². The van der Waals surface area contributed by atoms with E-state index in [9.17, 15) is 4.79 Å². The van der Waals surface area contributed by atoms with Crippen LogP contribution < -0.4 is 10.6 Å². The number of nitrogens with two attached hydrogens (primary N) is 1. The van der Waals surface area contributed by atoms with Gasteiger partial charge in [0, 0.05) is 38.4 Å². The number of para-hydroxylation sites is 1. The summed E-state index contributed by atoms with van der Waals surface area (Å²) in [5.74, 6) is 0.183. The van der Waals surface area contributed by atoms with Gasteiger partial charge in [-0.1, -0.05) is 24.6 Å². The first kappa shape index (κ1) is 16.3. The smallest absolute Gasteiger partial charge is 0.227 e. The summed E-state index contributed by atoms with van der Waals surface area (Å²) in [4.78, 5) is 16.8. The van der Waals surface area contributed by atoms with Crippen LogP contribution in [-0.2, 0) is 16.1 Å². The van der Waals surface area contributed by atoms with E-state index < -0.39 is 0 Å². The molecule has 1 heterocycles. The Bertz CT molecular complexity index is 543. The number of carbonyl (C=O) groups is 1. The summed E-state index contributed by atoms with van der Waals surface area (Å²) in [6, 6.07) is 8.38. The summed E-state index contributed by atoms with van der Waals surface area (Å²) < 4.78 is 5.44. The Morgan fingerprint density at radius 2 is 2.04 bits per heavy atom. The topological polar surface area (TPSA) is 58.8 Å². The second-order valence-electron chi connectivity index (χ2n) is 6.62. The van der Waals surface area contributed by atoms with E-state index in [-0.39, 0.29) is 17.9 Å². The normalized spacial score (nSPS) is 24.7. The van der Waals surface area contributed by atoms with Crippen molar-refractivity contribution < 1.29 is 9.53 Å². The van der Waals surface area contributed by atoms with E-state index in [1.54, 1.807) is 0 Å². The quantitative estimate of drug-likeness (QED) is 0.916. The van der Waals surface area contributed by atoms with Crippen LogP contribution in [0.15, 0.2) is 24.3 Å². The Balaban J connectivity index is 1.70. The highest BCUT2D eigenvalue weighted by Crippen LogP contribution is 2.27. The molecule has 3 rings (SSSR count). The van der Waals surface area contributed by atoms with Crippen LogP contribution in [0.5, 0.6) is 0 Å². The molecule has 23 heavy (non-hydrogen) atoms. The van der Waals surface area contributed by atoms with Crippen LogP contribution in [0.1, 0.15) is 24.8 Å². The molecule has 0 bridgehead atoms. The van der Waals surface area contributed by atoms with Crippen LogP contribution in [-0.4, -0.2) is 50.2 Å². The Hall–Kier alpha value is -1.59. The van der Waals surface area contributed by atoms with E-state index in [0.717, 1.165) is 45.6 Å². The van der Waals surface area contributed by atoms with Crippen LogP contribution >= 0.6 is 0 Å². The third-order valence-corrected chi connectivity index (χ3v) is 5.01. The lowest BCUT2D eigenvalue weighted by atomic mass is 10.0. The van der Waals surface area contributed by atoms with Crippen molar-refractivity contribution >= 4 is 11.6 Å². The van der Waals surface area contributed by atoms with Crippen molar-refractivity contribution in [2.75, 3.05) is 38.3 Å². The largest absolute Gasteiger partial charge is 0.378 e. The van der Waals surface area contributed by atoms with Crippen LogP contribution in [0.2, 0.25) is 0 Å². The Morgan fingerprint density at radius 1 is 1.30 bits per heavy atom. The standard InChI is InChI=1S/C18H27N3O2/c1-20(18(22)15-6-4-7-16(15)19)13-14-5-2-3-8-17(14)21-9-11-23-12-10-21/h2-3,5,8,15-16H,4,6-7,9-13,19H2,1H3/t15-,16+/m1/s1. The Morgan fingerprint density at radius 3 is 2.74 bits per heavy atom. The molecule has 5 heteroatoms. The van der Waals surface area contributed by atoms with Crippen molar-refractivity contribution in [1.82, 2.24) is 4.90 Å². The van der Waals surface area contributed by atoms with Crippen molar-refractivity contribution in [3.05, 3.63) is 29.8 Å². The van der Waals surface area contributed by atoms with Crippen molar-refractivity contribution in [3.63, 3.8) is 0 Å². The summed E-state index contributed by atoms with van der Waals surface area (Å²) in [5.41, 5.74) is 8.49. The van der Waals surface area contributed by atoms with Gasteiger partial charge in [0.05, 0.1) is 19.1 Å². The van der Waals surface area contributed by atoms with E-state index in [1.165, 1.54) is 11.3 Å². The summed E-state index contributed by atoms with van der Waals surface area (Å²) in [7, 11) is 1.89. The van der Waals surface area contributed by atoms with E-state index in [2.05, 4.69) is 23.1 Å². The van der Waals surface area contributed by atoms with E-state index in [0.29, 0.717) is 6.54 Å². The molecule has 1 saturated heterocycles. The van der Waals surface area contributed by atoms with Crippen LogP contribution in [0.4, 0.5) is 5.69 Å². The van der Waals surface area contributed by atoms with Gasteiger partial charge < -0.3 is 20.3 Å². The fourth-order valence-electron chi connectivity index (χ4n) is 3.67. The average Bonchev–Trinajstić information content (AvgIpc) is 3.01. The second kappa shape index (κ2) is 7.32. The van der Waals surface area contributed by atoms with Gasteiger partial charge in [0.1, 0.15) is 0 Å². The molecule has 1 aromatic carbocycles. The third kappa shape index (κ3) is 3.67. The zero-order chi connectivity index (χ0) is 16.2. The molecule has 5 nitrogen and oxygen atoms in total. The van der Waals surface area contributed by atoms with Crippen LogP contribution in [0.25, 0.3) is 0 Å². The molecule has 1 aromatic rings. The van der Waals surface area contributed by atoms with Crippen LogP contribution in [0.3, 0.4) is 0 Å². The molecule has 2 atom stereocenters. The lowest BCUT2D eigenvalue weighted by Gasteiger charge is -2.32. The predicted octanol–water partition coefficient (Wildman–Crippen LogP) is 1.61. The number of hydrogen-bond donors (Lipinski definition) is 1. The molecule has 2 aliphatic rings. The molecular weight excluding hydrogens is 290 g/mol. The molecular formula is C18H27N3O2. The Kier molecular flexibility index (Phi) is 5.18. The first-order valence-corrected chi connectivity index (χ1v) is 8.58. The zero-order valence-electron chi connectivity index (χ0n) is 13.9. The first-order chi connectivity index (χ1) is 11.2. The maximum absolute atomic E-state index is 12.7. The summed E-state index contributed by atoms with van der Waals surface area (Å²) in [6.07, 6.45) is 2.96. The first-order valence-electron chi connectivity index (χ1n) is 8.58. The maximum Gasteiger partial charge on any atom is 0.227 e. The van der Waals surface area contributed by atoms with Gasteiger partial charge in [0.2, 0.25) is 5.91 Å². The number of morpholine rings is 1. The fraction of sp³-hybridized carbons (Fsp3) is 0.611. The Labute approximate surface area is 138 Å². The molecule has 2 N–H and O–H groups in total. The van der Waals surface area contributed by atoms with Crippen molar-refractivity contribution in [1.29, 1.82) is 0 Å². The number of hydrogen-bond acceptors (Lipinski definition) is 4. The molecule has 2 fully saturated rings. The molecule has 1 aliphatic carbocycles. The van der Waals surface area contributed by atoms with Gasteiger partial charge in [-0.05, 0) is 24.5 Å². The molecule has 0 unspecified atom stereocenters. The molecule has 126 valence electrons. The van der Waals surface area contributed by atoms with Gasteiger partial charge in [-0.2, -0.15) is 0 Å². The summed E-state index contributed by atoms with van der Waals surface area (Å²) in [5, 5.41) is 0. The fourth-order valence-corrected chi connectivity index (χ4v) is 3.67. The van der Waals surface area contributed by atoms with E-state index in [4.69, 9.17) is 10.5 Å². The van der Waals surface area contributed by atoms with E-state index in [1.807, 2.05) is 18.0 Å². The number of benzene rings is 1. The SMILES string of the molecule is CN(Cc1ccccc1N1CCOCC1)C(=O)[C@@H]1CCC[C@@H]1N. The third-order valence-electron chi connectivity index (χ3n) is 5.01. The van der Waals surface area contributed by atoms with Gasteiger partial charge in [-0.15, -0.1) is 0 Å². The second-order valence-corrected chi connectivity index (χ2v) is 6.62. The van der Waals surface area contributed by atoms with Gasteiger partial charge in [0.25, 0.3) is 0 Å². The lowest BCUT2D eigenvalue weighted by molar-refractivity contribution is -0.134. The summed E-state index contributed by atoms with van der Waals surface area (Å²) >= 11 is 0. The van der Waals surface area contributed by atoms with Gasteiger partial charge in [-0.25, -0.2) is 0 Å². The number of nitrogens with zero attached hydrogens (tertiary/aromatic N) is 2. The van der Waals surface area contributed by atoms with Crippen LogP contribution in [0, 0.1) is 5.92 Å². The highest BCUT2D eigenvalue weighted by molar-refractivity contribution is 5.79. The highest BCUT2D eigenvalue weighted by Gasteiger charge is 2.32. The molecule has 1 saturated carbocycles. The number of carbonyl (C=O) groups excluding carboxylic acids is 1. The van der Waals surface area contributed by atoms with Crippen molar-refractivity contribution in [3.8, 4) is 0 Å². The zero-order valence-corrected chi connectivity index (χ0v) is 13.9. The minimum absolute atomic E-state index is 0.00412. The maximum atomic E-state index is 12.7. The molecule has 1 amide bonds. The minimum atomic E-state index is -0.00412. The van der Waals surface area contributed by atoms with Gasteiger partial charge in [0.15, 0.2) is 0 Å². The highest BCUT2D eigenvalue weighted by atomic mass is 16.5. The monoisotopic (exact) mass is 317 g/mol. The number of anilines is 1. The predicted molar refractivity (Wildman–Crippen MR) is 91.3 cm³/mol. The minimum Gasteiger partial charge on any atom is -0.378 e. The van der Waals surface area contributed by atoms with Gasteiger partial charge in [-0.3, -0.25) is 4.79 Å².